The smallest absolute Gasteiger partial charge is 0.0920 e. The van der Waals surface area contributed by atoms with E-state index in [9.17, 15) is 0 Å². The number of aliphatic imine (C=N–C) groups is 1. The molecule has 204 valence electrons. The zero-order valence-electron chi connectivity index (χ0n) is 25.2. The topological polar surface area (TPSA) is 24.4 Å². The predicted molar refractivity (Wildman–Crippen MR) is 172 cm³/mol. The molecule has 0 amide bonds. The molecule has 1 aliphatic carbocycles. The van der Waals surface area contributed by atoms with Crippen LogP contribution in [0.3, 0.4) is 0 Å². The number of aryl methyl sites for hydroxylation is 3. The fraction of sp³-hybridized carbons (Fsp3) is 0.324. The Hall–Kier alpha value is -3.49. The minimum Gasteiger partial charge on any atom is -0.303 e. The third-order valence-electron chi connectivity index (χ3n) is 7.48. The van der Waals surface area contributed by atoms with Gasteiger partial charge in [-0.15, -0.1) is 0 Å². The van der Waals surface area contributed by atoms with Crippen LogP contribution in [-0.4, -0.2) is 13.3 Å². The molecule has 2 aromatic carbocycles. The summed E-state index contributed by atoms with van der Waals surface area (Å²) in [6.45, 7) is 19.3. The van der Waals surface area contributed by atoms with E-state index < -0.39 is 5.54 Å². The number of rotatable bonds is 5. The van der Waals surface area contributed by atoms with Gasteiger partial charge in [-0.05, 0) is 117 Å². The highest BCUT2D eigenvalue weighted by Crippen LogP contribution is 2.40. The van der Waals surface area contributed by atoms with Crippen LogP contribution in [0.25, 0.3) is 5.57 Å². The molecule has 2 aromatic rings. The summed E-state index contributed by atoms with van der Waals surface area (Å²) in [7, 11) is 2.06. The van der Waals surface area contributed by atoms with Gasteiger partial charge in [0.1, 0.15) is 0 Å². The van der Waals surface area contributed by atoms with Gasteiger partial charge in [0.05, 0.1) is 5.54 Å². The third-order valence-corrected chi connectivity index (χ3v) is 7.48. The van der Waals surface area contributed by atoms with Gasteiger partial charge in [-0.2, -0.15) is 0 Å². The lowest BCUT2D eigenvalue weighted by Crippen LogP contribution is -2.42. The number of likely N-dealkylation sites (N-methyl/N-ethyl adjacent to an activating group) is 1. The Morgan fingerprint density at radius 2 is 1.72 bits per heavy atom. The second-order valence-corrected chi connectivity index (χ2v) is 11.0. The standard InChI is InChI=1S/C37H46N2/c1-10-31-15-13-11-12-14-16-32-22-33(19-17-28(32)6)37(38-9,30(8)25-39-24-27(4)5)34-20-18-29(7)35(23-34)36(31)21-26(2)3/h10-13,15,17-25,27,38H,2,14,16H2,1,3-9H3/b12-11?,15-13-,30-25+,31-10+,36-21?,39-24?/t37-/m1/s1. The first-order valence-electron chi connectivity index (χ1n) is 14.1. The lowest BCUT2D eigenvalue weighted by atomic mass is 9.75. The molecule has 0 aromatic heterocycles. The molecule has 0 spiro atoms. The van der Waals surface area contributed by atoms with Crippen molar-refractivity contribution in [3.8, 4) is 0 Å². The van der Waals surface area contributed by atoms with Crippen LogP contribution in [0.2, 0.25) is 0 Å². The van der Waals surface area contributed by atoms with Gasteiger partial charge in [0.25, 0.3) is 0 Å². The summed E-state index contributed by atoms with van der Waals surface area (Å²) in [5, 5.41) is 3.76. The first-order chi connectivity index (χ1) is 18.6. The van der Waals surface area contributed by atoms with E-state index in [1.807, 2.05) is 12.4 Å². The second kappa shape index (κ2) is 13.5. The molecule has 0 fully saturated rings. The molecule has 0 radical (unpaired) electrons. The van der Waals surface area contributed by atoms with Crippen molar-refractivity contribution < 1.29 is 0 Å². The highest BCUT2D eigenvalue weighted by molar-refractivity contribution is 5.85. The Labute approximate surface area is 237 Å². The maximum absolute atomic E-state index is 4.73. The molecular weight excluding hydrogens is 472 g/mol. The largest absolute Gasteiger partial charge is 0.303 e. The van der Waals surface area contributed by atoms with Crippen molar-refractivity contribution in [3.05, 3.63) is 136 Å². The van der Waals surface area contributed by atoms with Crippen LogP contribution in [-0.2, 0) is 12.0 Å². The van der Waals surface area contributed by atoms with Crippen LogP contribution in [0.15, 0.2) is 107 Å². The predicted octanol–water partition coefficient (Wildman–Crippen LogP) is 9.36. The van der Waals surface area contributed by atoms with Gasteiger partial charge < -0.3 is 5.32 Å². The van der Waals surface area contributed by atoms with E-state index in [0.29, 0.717) is 5.92 Å². The average molecular weight is 519 g/mol. The fourth-order valence-electron chi connectivity index (χ4n) is 5.33. The Bertz CT molecular complexity index is 1370. The van der Waals surface area contributed by atoms with Crippen molar-refractivity contribution in [1.29, 1.82) is 0 Å². The molecule has 39 heavy (non-hydrogen) atoms. The number of hydrogen-bond acceptors (Lipinski definition) is 2. The number of nitrogens with one attached hydrogen (secondary N) is 1. The van der Waals surface area contributed by atoms with Crippen LogP contribution in [0.1, 0.15) is 74.4 Å². The molecule has 2 nitrogen and oxygen atoms in total. The number of nitrogens with zero attached hydrogens (tertiary/aromatic N) is 1. The Morgan fingerprint density at radius 1 is 1.03 bits per heavy atom. The summed E-state index contributed by atoms with van der Waals surface area (Å²) in [5.41, 5.74) is 11.5. The van der Waals surface area contributed by atoms with Crippen LogP contribution in [0.5, 0.6) is 0 Å². The molecule has 1 aliphatic rings. The fourth-order valence-corrected chi connectivity index (χ4v) is 5.33. The summed E-state index contributed by atoms with van der Waals surface area (Å²) < 4.78 is 0. The van der Waals surface area contributed by atoms with Crippen molar-refractivity contribution in [2.24, 2.45) is 10.9 Å². The molecule has 1 atom stereocenters. The zero-order chi connectivity index (χ0) is 28.6. The van der Waals surface area contributed by atoms with Gasteiger partial charge in [0.2, 0.25) is 0 Å². The summed E-state index contributed by atoms with van der Waals surface area (Å²) in [5.74, 6) is 0.389. The van der Waals surface area contributed by atoms with Gasteiger partial charge in [0, 0.05) is 12.4 Å². The van der Waals surface area contributed by atoms with Crippen LogP contribution in [0, 0.1) is 19.8 Å². The van der Waals surface area contributed by atoms with Crippen molar-refractivity contribution in [2.45, 2.75) is 66.8 Å². The molecule has 0 heterocycles. The van der Waals surface area contributed by atoms with Gasteiger partial charge in [0.15, 0.2) is 0 Å². The number of allylic oxidation sites excluding steroid dienone is 9. The van der Waals surface area contributed by atoms with E-state index in [0.717, 1.165) is 24.0 Å². The molecule has 4 bridgehead atoms. The summed E-state index contributed by atoms with van der Waals surface area (Å²) in [4.78, 5) is 4.73. The van der Waals surface area contributed by atoms with Gasteiger partial charge in [-0.3, -0.25) is 4.99 Å². The molecule has 0 aliphatic heterocycles. The maximum atomic E-state index is 4.73. The Morgan fingerprint density at radius 3 is 2.36 bits per heavy atom. The van der Waals surface area contributed by atoms with Crippen LogP contribution < -0.4 is 5.32 Å². The van der Waals surface area contributed by atoms with Crippen molar-refractivity contribution in [2.75, 3.05) is 7.05 Å². The molecule has 1 N–H and O–H groups in total. The lowest BCUT2D eigenvalue weighted by Gasteiger charge is -2.37. The Kier molecular flexibility index (Phi) is 10.4. The normalized spacial score (nSPS) is 21.4. The number of fused-ring (bicyclic) bond motifs is 4. The number of hydrogen-bond donors (Lipinski definition) is 1. The first kappa shape index (κ1) is 30.1. The van der Waals surface area contributed by atoms with Gasteiger partial charge in [-0.1, -0.05) is 92.8 Å². The van der Waals surface area contributed by atoms with Gasteiger partial charge >= 0.3 is 0 Å². The third kappa shape index (κ3) is 6.94. The highest BCUT2D eigenvalue weighted by atomic mass is 15.0. The maximum Gasteiger partial charge on any atom is 0.0920 e. The van der Waals surface area contributed by atoms with Crippen molar-refractivity contribution in [3.63, 3.8) is 0 Å². The minimum absolute atomic E-state index is 0.389. The second-order valence-electron chi connectivity index (χ2n) is 11.0. The summed E-state index contributed by atoms with van der Waals surface area (Å²) in [6, 6.07) is 13.8. The van der Waals surface area contributed by atoms with Crippen LogP contribution in [0.4, 0.5) is 0 Å². The quantitative estimate of drug-likeness (QED) is 0.392. The zero-order valence-corrected chi connectivity index (χ0v) is 25.2. The molecular formula is C37H46N2. The minimum atomic E-state index is -0.546. The van der Waals surface area contributed by atoms with Crippen molar-refractivity contribution in [1.82, 2.24) is 5.32 Å². The highest BCUT2D eigenvalue weighted by Gasteiger charge is 2.36. The lowest BCUT2D eigenvalue weighted by molar-refractivity contribution is 0.511. The summed E-state index contributed by atoms with van der Waals surface area (Å²) in [6.07, 6.45) is 19.2. The van der Waals surface area contributed by atoms with E-state index in [4.69, 9.17) is 4.99 Å². The Balaban J connectivity index is 2.46. The van der Waals surface area contributed by atoms with Gasteiger partial charge in [-0.25, -0.2) is 0 Å². The molecule has 2 heteroatoms. The average Bonchev–Trinajstić information content (AvgIpc) is 2.89. The van der Waals surface area contributed by atoms with E-state index in [1.165, 1.54) is 44.5 Å². The van der Waals surface area contributed by atoms with Crippen molar-refractivity contribution >= 4 is 11.8 Å². The molecule has 0 saturated heterocycles. The summed E-state index contributed by atoms with van der Waals surface area (Å²) >= 11 is 0. The molecule has 3 rings (SSSR count). The van der Waals surface area contributed by atoms with E-state index in [1.54, 1.807) is 0 Å². The van der Waals surface area contributed by atoms with E-state index in [-0.39, 0.29) is 0 Å². The monoisotopic (exact) mass is 518 g/mol. The van der Waals surface area contributed by atoms with Crippen LogP contribution >= 0.6 is 0 Å². The SMILES string of the molecule is C=C(C)C=C1C(=C/C)/C=C\C=CCCc2cc(ccc2C)[C@](NC)(/C(C)=C/N=CC(C)C)c2ccc(C)c1c2. The molecule has 0 saturated carbocycles. The first-order valence-corrected chi connectivity index (χ1v) is 14.1. The van der Waals surface area contributed by atoms with E-state index >= 15 is 0 Å². The molecule has 0 unspecified atom stereocenters. The number of benzene rings is 2. The van der Waals surface area contributed by atoms with E-state index in [2.05, 4.69) is 140 Å².